The predicted octanol–water partition coefficient (Wildman–Crippen LogP) is 3.50. The van der Waals surface area contributed by atoms with Crippen molar-refractivity contribution in [2.24, 2.45) is 0 Å². The van der Waals surface area contributed by atoms with Gasteiger partial charge in [0.1, 0.15) is 6.07 Å². The van der Waals surface area contributed by atoms with Gasteiger partial charge in [-0.25, -0.2) is 0 Å². The van der Waals surface area contributed by atoms with Crippen LogP contribution in [0.15, 0.2) is 35.9 Å². The Morgan fingerprint density at radius 1 is 1.16 bits per heavy atom. The van der Waals surface area contributed by atoms with Crippen molar-refractivity contribution in [3.8, 4) is 6.07 Å². The SMILES string of the molecule is CC1(C)CCC2(C)C(C#N)=C(c3ccccc3)ON12. The second kappa shape index (κ2) is 3.85. The van der Waals surface area contributed by atoms with Gasteiger partial charge in [0.2, 0.25) is 0 Å². The van der Waals surface area contributed by atoms with Gasteiger partial charge in [-0.2, -0.15) is 5.26 Å². The molecule has 1 unspecified atom stereocenters. The van der Waals surface area contributed by atoms with Crippen LogP contribution < -0.4 is 0 Å². The Morgan fingerprint density at radius 2 is 1.84 bits per heavy atom. The number of fused-ring (bicyclic) bond motifs is 1. The van der Waals surface area contributed by atoms with E-state index < -0.39 is 0 Å². The average Bonchev–Trinajstić information content (AvgIpc) is 2.83. The van der Waals surface area contributed by atoms with Crippen molar-refractivity contribution in [3.05, 3.63) is 41.5 Å². The lowest BCUT2D eigenvalue weighted by Crippen LogP contribution is -2.46. The quantitative estimate of drug-likeness (QED) is 0.769. The second-order valence-corrected chi connectivity index (χ2v) is 6.15. The smallest absolute Gasteiger partial charge is 0.170 e. The molecule has 3 rings (SSSR count). The van der Waals surface area contributed by atoms with Gasteiger partial charge in [0, 0.05) is 5.56 Å². The monoisotopic (exact) mass is 254 g/mol. The molecular weight excluding hydrogens is 236 g/mol. The molecule has 1 atom stereocenters. The minimum atomic E-state index is -0.288. The van der Waals surface area contributed by atoms with Crippen molar-refractivity contribution in [2.45, 2.75) is 44.7 Å². The van der Waals surface area contributed by atoms with Crippen LogP contribution in [-0.2, 0) is 4.84 Å². The molecule has 0 saturated carbocycles. The van der Waals surface area contributed by atoms with Gasteiger partial charge in [0.25, 0.3) is 0 Å². The minimum absolute atomic E-state index is 0.0343. The molecule has 2 aliphatic heterocycles. The van der Waals surface area contributed by atoms with Crippen LogP contribution in [0.4, 0.5) is 0 Å². The molecule has 3 nitrogen and oxygen atoms in total. The molecule has 98 valence electrons. The zero-order chi connectivity index (χ0) is 13.7. The summed E-state index contributed by atoms with van der Waals surface area (Å²) in [6.45, 7) is 6.44. The minimum Gasteiger partial charge on any atom is -0.403 e. The summed E-state index contributed by atoms with van der Waals surface area (Å²) in [4.78, 5) is 6.08. The van der Waals surface area contributed by atoms with Gasteiger partial charge in [-0.05, 0) is 33.6 Å². The summed E-state index contributed by atoms with van der Waals surface area (Å²) < 4.78 is 0. The van der Waals surface area contributed by atoms with E-state index in [0.29, 0.717) is 0 Å². The van der Waals surface area contributed by atoms with Crippen LogP contribution in [-0.4, -0.2) is 16.1 Å². The Labute approximate surface area is 114 Å². The predicted molar refractivity (Wildman–Crippen MR) is 73.6 cm³/mol. The summed E-state index contributed by atoms with van der Waals surface area (Å²) in [6.07, 6.45) is 2.00. The molecule has 2 aliphatic rings. The standard InChI is InChI=1S/C16H18N2O/c1-15(2)9-10-16(3)13(11-17)14(19-18(15)16)12-7-5-4-6-8-12/h4-8H,9-10H2,1-3H3. The van der Waals surface area contributed by atoms with Gasteiger partial charge in [-0.15, -0.1) is 5.06 Å². The molecule has 2 heterocycles. The van der Waals surface area contributed by atoms with Gasteiger partial charge in [-0.3, -0.25) is 0 Å². The van der Waals surface area contributed by atoms with Crippen molar-refractivity contribution < 1.29 is 4.84 Å². The van der Waals surface area contributed by atoms with E-state index in [1.807, 2.05) is 35.4 Å². The molecule has 19 heavy (non-hydrogen) atoms. The maximum Gasteiger partial charge on any atom is 0.170 e. The van der Waals surface area contributed by atoms with Crippen molar-refractivity contribution >= 4 is 5.76 Å². The van der Waals surface area contributed by atoms with E-state index in [1.54, 1.807) is 0 Å². The fraction of sp³-hybridized carbons (Fsp3) is 0.438. The van der Waals surface area contributed by atoms with E-state index in [-0.39, 0.29) is 11.1 Å². The number of nitriles is 1. The van der Waals surface area contributed by atoms with Crippen LogP contribution in [0, 0.1) is 11.3 Å². The third-order valence-electron chi connectivity index (χ3n) is 4.32. The second-order valence-electron chi connectivity index (χ2n) is 6.15. The highest BCUT2D eigenvalue weighted by Gasteiger charge is 2.57. The first kappa shape index (κ1) is 12.3. The molecule has 1 aromatic rings. The Kier molecular flexibility index (Phi) is 2.48. The fourth-order valence-corrected chi connectivity index (χ4v) is 3.21. The molecule has 0 N–H and O–H groups in total. The zero-order valence-corrected chi connectivity index (χ0v) is 11.6. The van der Waals surface area contributed by atoms with E-state index in [4.69, 9.17) is 4.84 Å². The lowest BCUT2D eigenvalue weighted by molar-refractivity contribution is -0.161. The van der Waals surface area contributed by atoms with Gasteiger partial charge in [0.15, 0.2) is 5.76 Å². The van der Waals surface area contributed by atoms with Crippen LogP contribution in [0.3, 0.4) is 0 Å². The highest BCUT2D eigenvalue weighted by Crippen LogP contribution is 2.52. The lowest BCUT2D eigenvalue weighted by atomic mass is 9.89. The van der Waals surface area contributed by atoms with Gasteiger partial charge in [0.05, 0.1) is 16.7 Å². The maximum absolute atomic E-state index is 9.57. The molecule has 0 aromatic heterocycles. The lowest BCUT2D eigenvalue weighted by Gasteiger charge is -2.34. The first-order valence-corrected chi connectivity index (χ1v) is 6.68. The third kappa shape index (κ3) is 1.60. The fourth-order valence-electron chi connectivity index (χ4n) is 3.21. The van der Waals surface area contributed by atoms with Crippen LogP contribution in [0.2, 0.25) is 0 Å². The zero-order valence-electron chi connectivity index (χ0n) is 11.6. The van der Waals surface area contributed by atoms with Gasteiger partial charge in [-0.1, -0.05) is 30.3 Å². The molecule has 1 fully saturated rings. The van der Waals surface area contributed by atoms with E-state index in [1.165, 1.54) is 0 Å². The summed E-state index contributed by atoms with van der Waals surface area (Å²) in [5.74, 6) is 0.721. The number of hydrogen-bond donors (Lipinski definition) is 0. The van der Waals surface area contributed by atoms with Crippen molar-refractivity contribution in [1.29, 1.82) is 5.26 Å². The van der Waals surface area contributed by atoms with E-state index in [2.05, 4.69) is 26.8 Å². The summed E-state index contributed by atoms with van der Waals surface area (Å²) in [5.41, 5.74) is 1.41. The first-order valence-electron chi connectivity index (χ1n) is 6.68. The maximum atomic E-state index is 9.57. The van der Waals surface area contributed by atoms with Gasteiger partial charge < -0.3 is 4.84 Å². The Bertz CT molecular complexity index is 583. The van der Waals surface area contributed by atoms with Gasteiger partial charge >= 0.3 is 0 Å². The molecule has 1 saturated heterocycles. The summed E-state index contributed by atoms with van der Waals surface area (Å²) in [6, 6.07) is 12.3. The number of hydroxylamine groups is 2. The van der Waals surface area contributed by atoms with E-state index >= 15 is 0 Å². The average molecular weight is 254 g/mol. The van der Waals surface area contributed by atoms with Crippen molar-refractivity contribution in [2.75, 3.05) is 0 Å². The molecule has 0 spiro atoms. The molecular formula is C16H18N2O. The summed E-state index contributed by atoms with van der Waals surface area (Å²) >= 11 is 0. The summed E-state index contributed by atoms with van der Waals surface area (Å²) in [5, 5.41) is 11.6. The number of benzene rings is 1. The van der Waals surface area contributed by atoms with Crippen molar-refractivity contribution in [3.63, 3.8) is 0 Å². The molecule has 3 heteroatoms. The number of rotatable bonds is 1. The number of nitrogens with zero attached hydrogens (tertiary/aromatic N) is 2. The number of hydrogen-bond acceptors (Lipinski definition) is 3. The molecule has 0 amide bonds. The molecule has 0 aliphatic carbocycles. The van der Waals surface area contributed by atoms with Crippen LogP contribution >= 0.6 is 0 Å². The normalized spacial score (nSPS) is 28.9. The summed E-state index contributed by atoms with van der Waals surface area (Å²) in [7, 11) is 0. The molecule has 0 bridgehead atoms. The highest BCUT2D eigenvalue weighted by molar-refractivity contribution is 5.71. The first-order chi connectivity index (χ1) is 8.99. The Hall–Kier alpha value is -1.79. The largest absolute Gasteiger partial charge is 0.403 e. The van der Waals surface area contributed by atoms with Crippen LogP contribution in [0.5, 0.6) is 0 Å². The molecule has 0 radical (unpaired) electrons. The Balaban J connectivity index is 2.12. The Morgan fingerprint density at radius 3 is 2.47 bits per heavy atom. The third-order valence-corrected chi connectivity index (χ3v) is 4.32. The van der Waals surface area contributed by atoms with E-state index in [0.717, 1.165) is 29.7 Å². The van der Waals surface area contributed by atoms with Crippen LogP contribution in [0.25, 0.3) is 5.76 Å². The van der Waals surface area contributed by atoms with E-state index in [9.17, 15) is 5.26 Å². The topological polar surface area (TPSA) is 36.3 Å². The highest BCUT2D eigenvalue weighted by atomic mass is 16.7. The van der Waals surface area contributed by atoms with Crippen LogP contribution in [0.1, 0.15) is 39.2 Å². The molecule has 1 aromatic carbocycles. The van der Waals surface area contributed by atoms with Crippen molar-refractivity contribution in [1.82, 2.24) is 5.06 Å².